The smallest absolute Gasteiger partial charge is 0.248 e. The van der Waals surface area contributed by atoms with Crippen molar-refractivity contribution in [1.82, 2.24) is 14.8 Å². The van der Waals surface area contributed by atoms with Crippen LogP contribution in [-0.4, -0.2) is 42.9 Å². The van der Waals surface area contributed by atoms with Gasteiger partial charge in [-0.15, -0.1) is 0 Å². The molecule has 1 amide bonds. The number of sulfonamides is 1. The number of hydrogen-bond acceptors (Lipinski definition) is 5. The Labute approximate surface area is 183 Å². The van der Waals surface area contributed by atoms with E-state index in [4.69, 9.17) is 4.52 Å². The van der Waals surface area contributed by atoms with Crippen molar-refractivity contribution >= 4 is 28.1 Å². The molecule has 1 unspecified atom stereocenters. The average molecular weight is 444 g/mol. The van der Waals surface area contributed by atoms with Gasteiger partial charge in [-0.1, -0.05) is 54.4 Å². The van der Waals surface area contributed by atoms with E-state index in [1.807, 2.05) is 30.3 Å². The number of hydrogen-bond donors (Lipinski definition) is 1. The Morgan fingerprint density at radius 2 is 1.87 bits per heavy atom. The Hall–Kier alpha value is -2.45. The third-order valence-electron chi connectivity index (χ3n) is 6.11. The topological polar surface area (TPSA) is 92.5 Å². The van der Waals surface area contributed by atoms with Crippen molar-refractivity contribution in [1.29, 1.82) is 0 Å². The van der Waals surface area contributed by atoms with E-state index in [1.54, 1.807) is 19.1 Å². The minimum Gasteiger partial charge on any atom is -0.355 e. The molecule has 7 nitrogen and oxygen atoms in total. The molecule has 2 aliphatic rings. The van der Waals surface area contributed by atoms with Crippen LogP contribution in [0.25, 0.3) is 12.2 Å². The van der Waals surface area contributed by atoms with E-state index in [0.29, 0.717) is 25.1 Å². The molecule has 1 aliphatic heterocycles. The van der Waals surface area contributed by atoms with Gasteiger partial charge in [0, 0.05) is 19.1 Å². The number of carbonyl (C=O) groups excluding carboxylic acids is 1. The fourth-order valence-electron chi connectivity index (χ4n) is 4.43. The highest BCUT2D eigenvalue weighted by Crippen LogP contribution is 2.29. The van der Waals surface area contributed by atoms with Crippen LogP contribution in [0.15, 0.2) is 39.8 Å². The standard InChI is InChI=1S/C23H29N3O4S/c1-17-22(21(30-25-17)14-13-18-8-3-2-4-9-18)31(28,29)26-15-7-10-19(16-26)23(27)24-20-11-5-6-12-20/h2-4,8-9,13-14,19-20H,5-7,10-12,15-16H2,1H3,(H,24,27)/b14-13+. The number of aryl methyl sites for hydroxylation is 1. The first-order valence-corrected chi connectivity index (χ1v) is 12.4. The Kier molecular flexibility index (Phi) is 6.57. The van der Waals surface area contributed by atoms with Crippen LogP contribution in [0.4, 0.5) is 0 Å². The maximum atomic E-state index is 13.5. The lowest BCUT2D eigenvalue weighted by Gasteiger charge is -2.31. The van der Waals surface area contributed by atoms with Crippen LogP contribution >= 0.6 is 0 Å². The zero-order chi connectivity index (χ0) is 21.8. The predicted molar refractivity (Wildman–Crippen MR) is 118 cm³/mol. The van der Waals surface area contributed by atoms with Crippen molar-refractivity contribution in [2.75, 3.05) is 13.1 Å². The number of piperidine rings is 1. The maximum absolute atomic E-state index is 13.5. The minimum atomic E-state index is -3.83. The van der Waals surface area contributed by atoms with E-state index < -0.39 is 10.0 Å². The lowest BCUT2D eigenvalue weighted by molar-refractivity contribution is -0.126. The second-order valence-corrected chi connectivity index (χ2v) is 10.3. The average Bonchev–Trinajstić information content (AvgIpc) is 3.42. The van der Waals surface area contributed by atoms with Gasteiger partial charge in [0.2, 0.25) is 15.9 Å². The van der Waals surface area contributed by atoms with Gasteiger partial charge in [-0.05, 0) is 44.2 Å². The van der Waals surface area contributed by atoms with Crippen LogP contribution in [0.3, 0.4) is 0 Å². The highest BCUT2D eigenvalue weighted by Gasteiger charge is 2.37. The minimum absolute atomic E-state index is 0.0296. The summed E-state index contributed by atoms with van der Waals surface area (Å²) in [6, 6.07) is 9.81. The molecule has 2 aromatic rings. The molecule has 1 saturated heterocycles. The number of benzene rings is 1. The summed E-state index contributed by atoms with van der Waals surface area (Å²) in [4.78, 5) is 12.8. The molecule has 1 aliphatic carbocycles. The summed E-state index contributed by atoms with van der Waals surface area (Å²) in [6.45, 7) is 2.21. The largest absolute Gasteiger partial charge is 0.355 e. The van der Waals surface area contributed by atoms with Gasteiger partial charge in [-0.3, -0.25) is 4.79 Å². The number of rotatable bonds is 6. The fraction of sp³-hybridized carbons (Fsp3) is 0.478. The summed E-state index contributed by atoms with van der Waals surface area (Å²) in [5.41, 5.74) is 1.26. The van der Waals surface area contributed by atoms with Crippen LogP contribution in [-0.2, 0) is 14.8 Å². The molecule has 8 heteroatoms. The van der Waals surface area contributed by atoms with Gasteiger partial charge in [0.05, 0.1) is 5.92 Å². The molecule has 2 fully saturated rings. The molecular formula is C23H29N3O4S. The number of nitrogens with zero attached hydrogens (tertiary/aromatic N) is 2. The van der Waals surface area contributed by atoms with Crippen molar-refractivity contribution in [3.8, 4) is 0 Å². The van der Waals surface area contributed by atoms with Crippen molar-refractivity contribution in [3.63, 3.8) is 0 Å². The number of nitrogens with one attached hydrogen (secondary N) is 1. The number of aromatic nitrogens is 1. The van der Waals surface area contributed by atoms with Gasteiger partial charge in [0.25, 0.3) is 0 Å². The molecule has 0 bridgehead atoms. The van der Waals surface area contributed by atoms with Crippen molar-refractivity contribution in [2.45, 2.75) is 56.4 Å². The normalized spacial score (nSPS) is 21.0. The van der Waals surface area contributed by atoms with Gasteiger partial charge in [-0.2, -0.15) is 4.31 Å². The van der Waals surface area contributed by atoms with E-state index >= 15 is 0 Å². The van der Waals surface area contributed by atoms with E-state index in [2.05, 4.69) is 10.5 Å². The predicted octanol–water partition coefficient (Wildman–Crippen LogP) is 3.61. The van der Waals surface area contributed by atoms with Crippen LogP contribution in [0.1, 0.15) is 55.5 Å². The second-order valence-electron chi connectivity index (χ2n) is 8.40. The van der Waals surface area contributed by atoms with Crippen LogP contribution in [0.2, 0.25) is 0 Å². The first-order chi connectivity index (χ1) is 14.9. The molecular weight excluding hydrogens is 414 g/mol. The van der Waals surface area contributed by atoms with Gasteiger partial charge in [0.1, 0.15) is 5.69 Å². The summed E-state index contributed by atoms with van der Waals surface area (Å²) < 4.78 is 33.7. The third kappa shape index (κ3) is 4.91. The van der Waals surface area contributed by atoms with Crippen molar-refractivity contribution in [2.24, 2.45) is 5.92 Å². The van der Waals surface area contributed by atoms with E-state index in [-0.39, 0.29) is 35.1 Å². The Balaban J connectivity index is 1.52. The summed E-state index contributed by atoms with van der Waals surface area (Å²) in [6.07, 6.45) is 9.10. The van der Waals surface area contributed by atoms with Crippen LogP contribution in [0, 0.1) is 12.8 Å². The molecule has 0 spiro atoms. The first kappa shape index (κ1) is 21.8. The van der Waals surface area contributed by atoms with Crippen LogP contribution in [0.5, 0.6) is 0 Å². The SMILES string of the molecule is Cc1noc(/C=C/c2ccccc2)c1S(=O)(=O)N1CCCC(C(=O)NC2CCCC2)C1. The molecule has 31 heavy (non-hydrogen) atoms. The Bertz CT molecular complexity index is 1040. The molecule has 1 atom stereocenters. The zero-order valence-electron chi connectivity index (χ0n) is 17.8. The molecule has 166 valence electrons. The molecule has 1 aromatic carbocycles. The molecule has 0 radical (unpaired) electrons. The Morgan fingerprint density at radius 3 is 2.61 bits per heavy atom. The Morgan fingerprint density at radius 1 is 1.13 bits per heavy atom. The molecule has 4 rings (SSSR count). The molecule has 2 heterocycles. The van der Waals surface area contributed by atoms with Gasteiger partial charge in [-0.25, -0.2) is 8.42 Å². The van der Waals surface area contributed by atoms with E-state index in [9.17, 15) is 13.2 Å². The number of amides is 1. The first-order valence-electron chi connectivity index (χ1n) is 10.9. The summed E-state index contributed by atoms with van der Waals surface area (Å²) in [7, 11) is -3.83. The van der Waals surface area contributed by atoms with Gasteiger partial charge < -0.3 is 9.84 Å². The highest BCUT2D eigenvalue weighted by molar-refractivity contribution is 7.89. The van der Waals surface area contributed by atoms with Crippen LogP contribution < -0.4 is 5.32 Å². The van der Waals surface area contributed by atoms with Gasteiger partial charge >= 0.3 is 0 Å². The summed E-state index contributed by atoms with van der Waals surface area (Å²) in [5.74, 6) is -0.149. The molecule has 1 saturated carbocycles. The van der Waals surface area contributed by atoms with E-state index in [1.165, 1.54) is 4.31 Å². The molecule has 1 aromatic heterocycles. The fourth-order valence-corrected chi connectivity index (χ4v) is 6.20. The summed E-state index contributed by atoms with van der Waals surface area (Å²) >= 11 is 0. The third-order valence-corrected chi connectivity index (χ3v) is 8.14. The maximum Gasteiger partial charge on any atom is 0.248 e. The zero-order valence-corrected chi connectivity index (χ0v) is 18.6. The second kappa shape index (κ2) is 9.36. The quantitative estimate of drug-likeness (QED) is 0.736. The number of carbonyl (C=O) groups is 1. The lowest BCUT2D eigenvalue weighted by atomic mass is 9.98. The monoisotopic (exact) mass is 443 g/mol. The van der Waals surface area contributed by atoms with Crippen molar-refractivity contribution < 1.29 is 17.7 Å². The highest BCUT2D eigenvalue weighted by atomic mass is 32.2. The summed E-state index contributed by atoms with van der Waals surface area (Å²) in [5, 5.41) is 7.02. The van der Waals surface area contributed by atoms with Gasteiger partial charge in [0.15, 0.2) is 10.7 Å². The molecule has 1 N–H and O–H groups in total. The van der Waals surface area contributed by atoms with E-state index in [0.717, 1.165) is 31.2 Å². The van der Waals surface area contributed by atoms with Crippen molar-refractivity contribution in [3.05, 3.63) is 47.3 Å². The lowest BCUT2D eigenvalue weighted by Crippen LogP contribution is -2.47.